The third-order valence-electron chi connectivity index (χ3n) is 5.21. The lowest BCUT2D eigenvalue weighted by Crippen LogP contribution is -2.28. The van der Waals surface area contributed by atoms with Crippen LogP contribution in [0, 0.1) is 5.92 Å². The van der Waals surface area contributed by atoms with Crippen LogP contribution in [-0.2, 0) is 0 Å². The van der Waals surface area contributed by atoms with Crippen LogP contribution in [0.25, 0.3) is 0 Å². The molecule has 1 aliphatic carbocycles. The summed E-state index contributed by atoms with van der Waals surface area (Å²) in [5, 5.41) is 0. The van der Waals surface area contributed by atoms with Gasteiger partial charge < -0.3 is 0 Å². The van der Waals surface area contributed by atoms with Gasteiger partial charge in [0.1, 0.15) is 0 Å². The average molecular weight is 290 g/mol. The van der Waals surface area contributed by atoms with E-state index in [1.54, 1.807) is 5.57 Å². The van der Waals surface area contributed by atoms with Crippen LogP contribution in [0.1, 0.15) is 97.3 Å². The molecular weight excluding hydrogens is 254 g/mol. The molecule has 0 radical (unpaired) electrons. The van der Waals surface area contributed by atoms with Gasteiger partial charge in [0, 0.05) is 5.71 Å². The maximum atomic E-state index is 5.21. The standard InChI is InChI=1S/C20H35N/c1-3-5-7-9-14-19-17(12-8-6-4-2)16-18-13-10-11-15-20(18)21-19/h16,18,20H,3-15H2,1-2H3. The van der Waals surface area contributed by atoms with Crippen molar-refractivity contribution in [3.8, 4) is 0 Å². The summed E-state index contributed by atoms with van der Waals surface area (Å²) in [7, 11) is 0. The van der Waals surface area contributed by atoms with Crippen molar-refractivity contribution in [2.24, 2.45) is 10.9 Å². The van der Waals surface area contributed by atoms with Crippen LogP contribution < -0.4 is 0 Å². The van der Waals surface area contributed by atoms with Crippen molar-refractivity contribution < 1.29 is 0 Å². The molecule has 1 nitrogen and oxygen atoms in total. The van der Waals surface area contributed by atoms with Crippen molar-refractivity contribution in [2.45, 2.75) is 103 Å². The zero-order valence-electron chi connectivity index (χ0n) is 14.4. The molecule has 0 saturated heterocycles. The van der Waals surface area contributed by atoms with E-state index in [0.29, 0.717) is 6.04 Å². The van der Waals surface area contributed by atoms with E-state index in [-0.39, 0.29) is 0 Å². The quantitative estimate of drug-likeness (QED) is 0.431. The van der Waals surface area contributed by atoms with E-state index in [1.807, 2.05) is 0 Å². The number of aliphatic imine (C=N–C) groups is 1. The lowest BCUT2D eigenvalue weighted by atomic mass is 9.79. The first-order chi connectivity index (χ1) is 10.3. The van der Waals surface area contributed by atoms with Gasteiger partial charge in [-0.25, -0.2) is 0 Å². The van der Waals surface area contributed by atoms with E-state index in [4.69, 9.17) is 4.99 Å². The van der Waals surface area contributed by atoms with Crippen LogP contribution in [0.3, 0.4) is 0 Å². The largest absolute Gasteiger partial charge is 0.286 e. The highest BCUT2D eigenvalue weighted by Crippen LogP contribution is 2.34. The highest BCUT2D eigenvalue weighted by molar-refractivity contribution is 6.00. The van der Waals surface area contributed by atoms with Crippen molar-refractivity contribution in [3.05, 3.63) is 11.6 Å². The average Bonchev–Trinajstić information content (AvgIpc) is 2.52. The van der Waals surface area contributed by atoms with Gasteiger partial charge in [0.15, 0.2) is 0 Å². The Bertz CT molecular complexity index is 353. The van der Waals surface area contributed by atoms with Crippen LogP contribution in [0.5, 0.6) is 0 Å². The summed E-state index contributed by atoms with van der Waals surface area (Å²) in [6.07, 6.45) is 20.2. The molecule has 1 fully saturated rings. The van der Waals surface area contributed by atoms with Gasteiger partial charge in [-0.3, -0.25) is 4.99 Å². The molecule has 0 aromatic rings. The number of unbranched alkanes of at least 4 members (excludes halogenated alkanes) is 5. The van der Waals surface area contributed by atoms with E-state index in [9.17, 15) is 0 Å². The van der Waals surface area contributed by atoms with E-state index in [2.05, 4.69) is 19.9 Å². The van der Waals surface area contributed by atoms with Gasteiger partial charge >= 0.3 is 0 Å². The molecule has 21 heavy (non-hydrogen) atoms. The normalized spacial score (nSPS) is 25.2. The van der Waals surface area contributed by atoms with Crippen molar-refractivity contribution >= 4 is 5.71 Å². The second-order valence-corrected chi connectivity index (χ2v) is 7.05. The Morgan fingerprint density at radius 2 is 1.62 bits per heavy atom. The molecule has 0 aromatic carbocycles. The zero-order chi connectivity index (χ0) is 14.9. The van der Waals surface area contributed by atoms with Gasteiger partial charge in [-0.05, 0) is 50.0 Å². The molecule has 0 spiro atoms. The Morgan fingerprint density at radius 1 is 0.905 bits per heavy atom. The van der Waals surface area contributed by atoms with Crippen molar-refractivity contribution in [1.29, 1.82) is 0 Å². The summed E-state index contributed by atoms with van der Waals surface area (Å²) < 4.78 is 0. The van der Waals surface area contributed by atoms with Gasteiger partial charge in [-0.2, -0.15) is 0 Å². The van der Waals surface area contributed by atoms with E-state index >= 15 is 0 Å². The van der Waals surface area contributed by atoms with Crippen molar-refractivity contribution in [1.82, 2.24) is 0 Å². The predicted octanol–water partition coefficient (Wildman–Crippen LogP) is 6.48. The van der Waals surface area contributed by atoms with E-state index in [0.717, 1.165) is 5.92 Å². The second-order valence-electron chi connectivity index (χ2n) is 7.05. The maximum absolute atomic E-state index is 5.21. The molecule has 1 saturated carbocycles. The number of hydrogen-bond acceptors (Lipinski definition) is 1. The topological polar surface area (TPSA) is 12.4 Å². The molecule has 1 heterocycles. The molecule has 0 amide bonds. The number of fused-ring (bicyclic) bond motifs is 1. The summed E-state index contributed by atoms with van der Waals surface area (Å²) in [4.78, 5) is 5.21. The Labute approximate surface area is 132 Å². The molecular formula is C20H35N. The number of hydrogen-bond donors (Lipinski definition) is 0. The number of nitrogens with zero attached hydrogens (tertiary/aromatic N) is 1. The predicted molar refractivity (Wildman–Crippen MR) is 94.2 cm³/mol. The fourth-order valence-electron chi connectivity index (χ4n) is 3.87. The van der Waals surface area contributed by atoms with Gasteiger partial charge in [0.25, 0.3) is 0 Å². The van der Waals surface area contributed by atoms with Crippen LogP contribution in [-0.4, -0.2) is 11.8 Å². The molecule has 2 unspecified atom stereocenters. The highest BCUT2D eigenvalue weighted by Gasteiger charge is 2.27. The zero-order valence-corrected chi connectivity index (χ0v) is 14.4. The molecule has 0 aromatic heterocycles. The van der Waals surface area contributed by atoms with Crippen LogP contribution in [0.15, 0.2) is 16.6 Å². The first kappa shape index (κ1) is 16.8. The number of allylic oxidation sites excluding steroid dienone is 1. The van der Waals surface area contributed by atoms with E-state index in [1.165, 1.54) is 89.2 Å². The number of rotatable bonds is 9. The van der Waals surface area contributed by atoms with Crippen molar-refractivity contribution in [2.75, 3.05) is 0 Å². The Balaban J connectivity index is 1.94. The minimum atomic E-state index is 0.634. The monoisotopic (exact) mass is 289 g/mol. The Hall–Kier alpha value is -0.590. The minimum absolute atomic E-state index is 0.634. The minimum Gasteiger partial charge on any atom is -0.286 e. The summed E-state index contributed by atoms with van der Waals surface area (Å²) in [5.41, 5.74) is 3.12. The van der Waals surface area contributed by atoms with Gasteiger partial charge in [0.05, 0.1) is 6.04 Å². The van der Waals surface area contributed by atoms with Crippen LogP contribution >= 0.6 is 0 Å². The molecule has 1 aliphatic heterocycles. The van der Waals surface area contributed by atoms with Gasteiger partial charge in [0.2, 0.25) is 0 Å². The molecule has 2 atom stereocenters. The molecule has 120 valence electrons. The fourth-order valence-corrected chi connectivity index (χ4v) is 3.87. The molecule has 1 heteroatoms. The van der Waals surface area contributed by atoms with Crippen molar-refractivity contribution in [3.63, 3.8) is 0 Å². The summed E-state index contributed by atoms with van der Waals surface area (Å²) in [5.74, 6) is 0.773. The van der Waals surface area contributed by atoms with Gasteiger partial charge in [-0.1, -0.05) is 64.9 Å². The summed E-state index contributed by atoms with van der Waals surface area (Å²) in [6, 6.07) is 0.634. The van der Waals surface area contributed by atoms with E-state index < -0.39 is 0 Å². The van der Waals surface area contributed by atoms with Crippen LogP contribution in [0.4, 0.5) is 0 Å². The summed E-state index contributed by atoms with van der Waals surface area (Å²) in [6.45, 7) is 4.59. The summed E-state index contributed by atoms with van der Waals surface area (Å²) >= 11 is 0. The SMILES string of the molecule is CCCCCCC1=NC2CCCCC2C=C1CCCCC. The third kappa shape index (κ3) is 5.27. The molecule has 0 bridgehead atoms. The first-order valence-corrected chi connectivity index (χ1v) is 9.62. The molecule has 2 aliphatic rings. The molecule has 2 rings (SSSR count). The molecule has 0 N–H and O–H groups in total. The second kappa shape index (κ2) is 9.43. The number of dihydropyridines is 1. The fraction of sp³-hybridized carbons (Fsp3) is 0.850. The Kier molecular flexibility index (Phi) is 7.53. The highest BCUT2D eigenvalue weighted by atomic mass is 14.8. The third-order valence-corrected chi connectivity index (χ3v) is 5.21. The lowest BCUT2D eigenvalue weighted by molar-refractivity contribution is 0.358. The van der Waals surface area contributed by atoms with Gasteiger partial charge in [-0.15, -0.1) is 0 Å². The Morgan fingerprint density at radius 3 is 2.43 bits per heavy atom. The van der Waals surface area contributed by atoms with Crippen LogP contribution in [0.2, 0.25) is 0 Å². The lowest BCUT2D eigenvalue weighted by Gasteiger charge is -2.32. The smallest absolute Gasteiger partial charge is 0.0565 e. The first-order valence-electron chi connectivity index (χ1n) is 9.62. The maximum Gasteiger partial charge on any atom is 0.0565 e.